The van der Waals surface area contributed by atoms with Crippen LogP contribution in [-0.2, 0) is 0 Å². The van der Waals surface area contributed by atoms with Crippen molar-refractivity contribution in [2.75, 3.05) is 5.73 Å². The highest BCUT2D eigenvalue weighted by Gasteiger charge is 2.16. The van der Waals surface area contributed by atoms with E-state index in [1.54, 1.807) is 11.3 Å². The Labute approximate surface area is 128 Å². The lowest BCUT2D eigenvalue weighted by Gasteiger charge is -2.08. The first-order valence-corrected chi connectivity index (χ1v) is 7.99. The van der Waals surface area contributed by atoms with Crippen molar-refractivity contribution in [1.82, 2.24) is 10.2 Å². The zero-order valence-electron chi connectivity index (χ0n) is 12.5. The minimum Gasteiger partial charge on any atom is -0.382 e. The molecule has 0 fully saturated rings. The van der Waals surface area contributed by atoms with Crippen LogP contribution in [0.3, 0.4) is 0 Å². The number of aromatic amines is 1. The molecule has 0 aliphatic heterocycles. The van der Waals surface area contributed by atoms with E-state index in [9.17, 15) is 0 Å². The molecule has 3 nitrogen and oxygen atoms in total. The molecule has 4 heteroatoms. The molecule has 3 aromatic rings. The van der Waals surface area contributed by atoms with Gasteiger partial charge in [0.15, 0.2) is 5.82 Å². The van der Waals surface area contributed by atoms with Crippen LogP contribution in [0.5, 0.6) is 0 Å². The van der Waals surface area contributed by atoms with Gasteiger partial charge in [0.1, 0.15) is 0 Å². The molecule has 3 N–H and O–H groups in total. The number of aromatic nitrogens is 2. The van der Waals surface area contributed by atoms with Gasteiger partial charge in [0, 0.05) is 10.9 Å². The fourth-order valence-electron chi connectivity index (χ4n) is 2.49. The smallest absolute Gasteiger partial charge is 0.153 e. The summed E-state index contributed by atoms with van der Waals surface area (Å²) in [6, 6.07) is 8.58. The van der Waals surface area contributed by atoms with E-state index in [1.807, 2.05) is 0 Å². The summed E-state index contributed by atoms with van der Waals surface area (Å²) >= 11 is 1.69. The Balaban J connectivity index is 2.10. The van der Waals surface area contributed by atoms with E-state index in [-0.39, 0.29) is 0 Å². The van der Waals surface area contributed by atoms with Gasteiger partial charge in [-0.3, -0.25) is 5.10 Å². The van der Waals surface area contributed by atoms with Gasteiger partial charge in [0.2, 0.25) is 0 Å². The fourth-order valence-corrected chi connectivity index (χ4v) is 3.33. The van der Waals surface area contributed by atoms with Crippen molar-refractivity contribution >= 4 is 17.2 Å². The quantitative estimate of drug-likeness (QED) is 0.728. The summed E-state index contributed by atoms with van der Waals surface area (Å²) in [7, 11) is 0. The molecule has 0 bridgehead atoms. The number of nitrogens with zero attached hydrogens (tertiary/aromatic N) is 1. The second-order valence-electron chi connectivity index (χ2n) is 5.60. The Morgan fingerprint density at radius 3 is 2.43 bits per heavy atom. The third-order valence-electron chi connectivity index (χ3n) is 3.79. The molecule has 21 heavy (non-hydrogen) atoms. The Morgan fingerprint density at radius 2 is 1.86 bits per heavy atom. The Bertz CT molecular complexity index is 751. The summed E-state index contributed by atoms with van der Waals surface area (Å²) in [6.45, 7) is 6.50. The SMILES string of the molecule is Cc1cscc1-c1[nH]nc(N)c1-c1ccc(C(C)C)cc1. The molecule has 2 aromatic heterocycles. The molecule has 0 saturated carbocycles. The Kier molecular flexibility index (Phi) is 3.55. The third-order valence-corrected chi connectivity index (χ3v) is 4.65. The number of hydrogen-bond acceptors (Lipinski definition) is 3. The van der Waals surface area contributed by atoms with Crippen molar-refractivity contribution < 1.29 is 0 Å². The molecule has 0 spiro atoms. The van der Waals surface area contributed by atoms with Crippen LogP contribution in [0, 0.1) is 6.92 Å². The zero-order chi connectivity index (χ0) is 15.0. The topological polar surface area (TPSA) is 54.7 Å². The van der Waals surface area contributed by atoms with Crippen LogP contribution in [0.15, 0.2) is 35.0 Å². The van der Waals surface area contributed by atoms with Gasteiger partial charge < -0.3 is 5.73 Å². The van der Waals surface area contributed by atoms with Gasteiger partial charge in [-0.05, 0) is 34.9 Å². The van der Waals surface area contributed by atoms with E-state index in [0.717, 1.165) is 16.8 Å². The number of nitrogen functional groups attached to an aromatic ring is 1. The summed E-state index contributed by atoms with van der Waals surface area (Å²) in [5, 5.41) is 11.6. The number of H-pyrrole nitrogens is 1. The summed E-state index contributed by atoms with van der Waals surface area (Å²) in [5.74, 6) is 1.08. The number of nitrogens with one attached hydrogen (secondary N) is 1. The standard InChI is InChI=1S/C17H19N3S/c1-10(2)12-4-6-13(7-5-12)15-16(19-20-17(15)18)14-9-21-8-11(14)3/h4-10H,1-3H3,(H3,18,19,20). The van der Waals surface area contributed by atoms with E-state index in [1.165, 1.54) is 16.7 Å². The monoisotopic (exact) mass is 297 g/mol. The van der Waals surface area contributed by atoms with Gasteiger partial charge in [0.05, 0.1) is 11.3 Å². The van der Waals surface area contributed by atoms with Crippen LogP contribution in [0.25, 0.3) is 22.4 Å². The molecule has 0 radical (unpaired) electrons. The summed E-state index contributed by atoms with van der Waals surface area (Å²) < 4.78 is 0. The van der Waals surface area contributed by atoms with Gasteiger partial charge in [-0.25, -0.2) is 0 Å². The average Bonchev–Trinajstić information content (AvgIpc) is 3.04. The summed E-state index contributed by atoms with van der Waals surface area (Å²) in [4.78, 5) is 0. The van der Waals surface area contributed by atoms with Crippen LogP contribution < -0.4 is 5.73 Å². The highest BCUT2D eigenvalue weighted by atomic mass is 32.1. The van der Waals surface area contributed by atoms with Crippen LogP contribution in [0.1, 0.15) is 30.9 Å². The first-order chi connectivity index (χ1) is 10.1. The van der Waals surface area contributed by atoms with Crippen molar-refractivity contribution in [2.24, 2.45) is 0 Å². The zero-order valence-corrected chi connectivity index (χ0v) is 13.3. The summed E-state index contributed by atoms with van der Waals surface area (Å²) in [5.41, 5.74) is 12.9. The predicted octanol–water partition coefficient (Wildman–Crippen LogP) is 4.82. The van der Waals surface area contributed by atoms with Gasteiger partial charge in [-0.2, -0.15) is 16.4 Å². The van der Waals surface area contributed by atoms with E-state index < -0.39 is 0 Å². The molecule has 0 aliphatic rings. The average molecular weight is 297 g/mol. The van der Waals surface area contributed by atoms with E-state index in [0.29, 0.717) is 11.7 Å². The molecular weight excluding hydrogens is 278 g/mol. The number of benzene rings is 1. The molecule has 0 amide bonds. The molecule has 1 aromatic carbocycles. The molecule has 0 unspecified atom stereocenters. The first kappa shape index (κ1) is 13.9. The highest BCUT2D eigenvalue weighted by molar-refractivity contribution is 7.08. The van der Waals surface area contributed by atoms with Gasteiger partial charge in [-0.1, -0.05) is 38.1 Å². The molecule has 0 saturated heterocycles. The number of thiophene rings is 1. The Morgan fingerprint density at radius 1 is 1.14 bits per heavy atom. The predicted molar refractivity (Wildman–Crippen MR) is 90.6 cm³/mol. The number of hydrogen-bond donors (Lipinski definition) is 2. The van der Waals surface area contributed by atoms with Crippen molar-refractivity contribution in [2.45, 2.75) is 26.7 Å². The van der Waals surface area contributed by atoms with E-state index in [2.05, 4.69) is 66.0 Å². The second-order valence-corrected chi connectivity index (χ2v) is 6.35. The minimum atomic E-state index is 0.527. The number of aryl methyl sites for hydroxylation is 1. The maximum absolute atomic E-state index is 6.09. The van der Waals surface area contributed by atoms with Crippen LogP contribution in [-0.4, -0.2) is 10.2 Å². The molecule has 108 valence electrons. The van der Waals surface area contributed by atoms with Crippen molar-refractivity contribution in [3.8, 4) is 22.4 Å². The Hall–Kier alpha value is -2.07. The minimum absolute atomic E-state index is 0.527. The van der Waals surface area contributed by atoms with Crippen LogP contribution in [0.4, 0.5) is 5.82 Å². The first-order valence-electron chi connectivity index (χ1n) is 7.05. The van der Waals surface area contributed by atoms with Gasteiger partial charge in [-0.15, -0.1) is 0 Å². The largest absolute Gasteiger partial charge is 0.382 e. The van der Waals surface area contributed by atoms with Crippen LogP contribution in [0.2, 0.25) is 0 Å². The van der Waals surface area contributed by atoms with Crippen molar-refractivity contribution in [1.29, 1.82) is 0 Å². The fraction of sp³-hybridized carbons (Fsp3) is 0.235. The van der Waals surface area contributed by atoms with Crippen LogP contribution >= 0.6 is 11.3 Å². The maximum atomic E-state index is 6.09. The number of rotatable bonds is 3. The molecular formula is C17H19N3S. The maximum Gasteiger partial charge on any atom is 0.153 e. The molecule has 0 atom stereocenters. The lowest BCUT2D eigenvalue weighted by Crippen LogP contribution is -1.91. The highest BCUT2D eigenvalue weighted by Crippen LogP contribution is 2.37. The van der Waals surface area contributed by atoms with E-state index in [4.69, 9.17) is 5.73 Å². The molecule has 0 aliphatic carbocycles. The molecule has 2 heterocycles. The lowest BCUT2D eigenvalue weighted by molar-refractivity contribution is 0.867. The van der Waals surface area contributed by atoms with E-state index >= 15 is 0 Å². The third kappa shape index (κ3) is 2.47. The second kappa shape index (κ2) is 5.37. The molecule has 3 rings (SSSR count). The normalized spacial score (nSPS) is 11.2. The van der Waals surface area contributed by atoms with Gasteiger partial charge >= 0.3 is 0 Å². The van der Waals surface area contributed by atoms with Crippen molar-refractivity contribution in [3.63, 3.8) is 0 Å². The lowest BCUT2D eigenvalue weighted by atomic mass is 9.97. The number of anilines is 1. The number of nitrogens with two attached hydrogens (primary N) is 1. The van der Waals surface area contributed by atoms with Crippen molar-refractivity contribution in [3.05, 3.63) is 46.2 Å². The summed E-state index contributed by atoms with van der Waals surface area (Å²) in [6.07, 6.45) is 0. The van der Waals surface area contributed by atoms with Gasteiger partial charge in [0.25, 0.3) is 0 Å².